The SMILES string of the molecule is COc1ccc(N(CC(=O)Nc2c(C)cc(C)cc2Cl)C(C)=O)cc1Cl. The zero-order valence-electron chi connectivity index (χ0n) is 15.0. The number of hydrogen-bond acceptors (Lipinski definition) is 3. The van der Waals surface area contributed by atoms with E-state index in [1.54, 1.807) is 24.3 Å². The summed E-state index contributed by atoms with van der Waals surface area (Å²) in [6.07, 6.45) is 0. The van der Waals surface area contributed by atoms with Crippen LogP contribution in [0.2, 0.25) is 10.0 Å². The number of ether oxygens (including phenoxy) is 1. The minimum absolute atomic E-state index is 0.165. The van der Waals surface area contributed by atoms with Crippen LogP contribution >= 0.6 is 23.2 Å². The van der Waals surface area contributed by atoms with Gasteiger partial charge in [-0.2, -0.15) is 0 Å². The van der Waals surface area contributed by atoms with Gasteiger partial charge in [0, 0.05) is 12.6 Å². The molecule has 0 atom stereocenters. The van der Waals surface area contributed by atoms with Gasteiger partial charge in [-0.1, -0.05) is 29.3 Å². The van der Waals surface area contributed by atoms with E-state index in [2.05, 4.69) is 5.32 Å². The number of halogens is 2. The molecule has 0 aliphatic heterocycles. The van der Waals surface area contributed by atoms with Gasteiger partial charge >= 0.3 is 0 Å². The molecule has 0 aromatic heterocycles. The van der Waals surface area contributed by atoms with E-state index in [1.165, 1.54) is 18.9 Å². The number of carbonyl (C=O) groups is 2. The lowest BCUT2D eigenvalue weighted by molar-refractivity contribution is -0.120. The molecule has 26 heavy (non-hydrogen) atoms. The average molecular weight is 395 g/mol. The molecular weight excluding hydrogens is 375 g/mol. The van der Waals surface area contributed by atoms with Crippen molar-refractivity contribution >= 4 is 46.4 Å². The summed E-state index contributed by atoms with van der Waals surface area (Å²) in [5.74, 6) is -0.153. The van der Waals surface area contributed by atoms with Gasteiger partial charge in [-0.3, -0.25) is 9.59 Å². The number of rotatable bonds is 5. The molecule has 138 valence electrons. The predicted octanol–water partition coefficient (Wildman–Crippen LogP) is 4.61. The summed E-state index contributed by atoms with van der Waals surface area (Å²) in [4.78, 5) is 25.8. The highest BCUT2D eigenvalue weighted by Gasteiger charge is 2.18. The third-order valence-electron chi connectivity index (χ3n) is 3.83. The predicted molar refractivity (Wildman–Crippen MR) is 106 cm³/mol. The standard InChI is InChI=1S/C19H20Cl2N2O3/c1-11-7-12(2)19(16(21)8-11)22-18(25)10-23(13(3)24)14-5-6-17(26-4)15(20)9-14/h5-9H,10H2,1-4H3,(H,22,25). The van der Waals surface area contributed by atoms with Crippen molar-refractivity contribution in [2.75, 3.05) is 23.9 Å². The lowest BCUT2D eigenvalue weighted by Crippen LogP contribution is -2.36. The monoisotopic (exact) mass is 394 g/mol. The van der Waals surface area contributed by atoms with E-state index in [1.807, 2.05) is 19.9 Å². The normalized spacial score (nSPS) is 10.4. The molecule has 1 N–H and O–H groups in total. The first kappa shape index (κ1) is 20.1. The van der Waals surface area contributed by atoms with Crippen LogP contribution in [0, 0.1) is 13.8 Å². The van der Waals surface area contributed by atoms with E-state index >= 15 is 0 Å². The molecule has 0 bridgehead atoms. The molecule has 0 fully saturated rings. The minimum Gasteiger partial charge on any atom is -0.495 e. The fourth-order valence-corrected chi connectivity index (χ4v) is 3.22. The maximum atomic E-state index is 12.5. The first-order valence-electron chi connectivity index (χ1n) is 7.91. The number of aryl methyl sites for hydroxylation is 2. The van der Waals surface area contributed by atoms with E-state index in [4.69, 9.17) is 27.9 Å². The van der Waals surface area contributed by atoms with Crippen LogP contribution < -0.4 is 15.0 Å². The van der Waals surface area contributed by atoms with Gasteiger partial charge in [0.2, 0.25) is 11.8 Å². The summed E-state index contributed by atoms with van der Waals surface area (Å²) in [6, 6.07) is 8.60. The highest BCUT2D eigenvalue weighted by molar-refractivity contribution is 6.34. The second kappa shape index (κ2) is 8.43. The molecule has 0 aliphatic carbocycles. The van der Waals surface area contributed by atoms with E-state index in [0.717, 1.165) is 11.1 Å². The summed E-state index contributed by atoms with van der Waals surface area (Å²) in [7, 11) is 1.50. The first-order valence-corrected chi connectivity index (χ1v) is 8.66. The van der Waals surface area contributed by atoms with Crippen LogP contribution in [0.3, 0.4) is 0 Å². The number of carbonyl (C=O) groups excluding carboxylic acids is 2. The molecule has 5 nitrogen and oxygen atoms in total. The van der Waals surface area contributed by atoms with E-state index in [0.29, 0.717) is 27.2 Å². The van der Waals surface area contributed by atoms with Crippen molar-refractivity contribution in [3.8, 4) is 5.75 Å². The Hall–Kier alpha value is -2.24. The average Bonchev–Trinajstić information content (AvgIpc) is 2.55. The molecule has 0 aliphatic rings. The highest BCUT2D eigenvalue weighted by atomic mass is 35.5. The van der Waals surface area contributed by atoms with Crippen molar-refractivity contribution < 1.29 is 14.3 Å². The Labute approximate surface area is 162 Å². The molecule has 2 rings (SSSR count). The Morgan fingerprint density at radius 2 is 1.81 bits per heavy atom. The summed E-state index contributed by atoms with van der Waals surface area (Å²) in [6.45, 7) is 5.01. The fraction of sp³-hybridized carbons (Fsp3) is 0.263. The Balaban J connectivity index is 2.22. The number of benzene rings is 2. The Kier molecular flexibility index (Phi) is 6.51. The molecule has 7 heteroatoms. The first-order chi connectivity index (χ1) is 12.2. The molecular formula is C19H20Cl2N2O3. The number of amides is 2. The van der Waals surface area contributed by atoms with E-state index < -0.39 is 0 Å². The smallest absolute Gasteiger partial charge is 0.244 e. The van der Waals surface area contributed by atoms with Gasteiger partial charge in [0.25, 0.3) is 0 Å². The van der Waals surface area contributed by atoms with Gasteiger partial charge < -0.3 is 15.0 Å². The zero-order chi connectivity index (χ0) is 19.4. The van der Waals surface area contributed by atoms with Gasteiger partial charge in [0.05, 0.1) is 22.8 Å². The Morgan fingerprint density at radius 1 is 1.12 bits per heavy atom. The van der Waals surface area contributed by atoms with Gasteiger partial charge in [-0.15, -0.1) is 0 Å². The van der Waals surface area contributed by atoms with Gasteiger partial charge in [0.1, 0.15) is 12.3 Å². The Bertz CT molecular complexity index is 830. The van der Waals surface area contributed by atoms with Crippen LogP contribution in [-0.4, -0.2) is 25.5 Å². The molecule has 2 amide bonds. The topological polar surface area (TPSA) is 58.6 Å². The van der Waals surface area contributed by atoms with Crippen LogP contribution in [0.1, 0.15) is 18.1 Å². The lowest BCUT2D eigenvalue weighted by Gasteiger charge is -2.22. The quantitative estimate of drug-likeness (QED) is 0.805. The fourth-order valence-electron chi connectivity index (χ4n) is 2.60. The van der Waals surface area contributed by atoms with Crippen molar-refractivity contribution in [1.29, 1.82) is 0 Å². The molecule has 2 aromatic rings. The summed E-state index contributed by atoms with van der Waals surface area (Å²) >= 11 is 12.3. The number of hydrogen-bond donors (Lipinski definition) is 1. The van der Waals surface area contributed by atoms with E-state index in [-0.39, 0.29) is 18.4 Å². The lowest BCUT2D eigenvalue weighted by atomic mass is 10.1. The van der Waals surface area contributed by atoms with Gasteiger partial charge in [-0.05, 0) is 49.2 Å². The number of methoxy groups -OCH3 is 1. The van der Waals surface area contributed by atoms with Crippen LogP contribution in [0.15, 0.2) is 30.3 Å². The molecule has 0 spiro atoms. The number of nitrogens with zero attached hydrogens (tertiary/aromatic N) is 1. The second-order valence-electron chi connectivity index (χ2n) is 5.91. The maximum Gasteiger partial charge on any atom is 0.244 e. The molecule has 0 saturated heterocycles. The summed E-state index contributed by atoms with van der Waals surface area (Å²) in [5, 5.41) is 3.59. The third kappa shape index (κ3) is 4.68. The summed E-state index contributed by atoms with van der Waals surface area (Å²) in [5.41, 5.74) is 2.90. The number of anilines is 2. The molecule has 2 aromatic carbocycles. The minimum atomic E-state index is -0.360. The molecule has 0 unspecified atom stereocenters. The van der Waals surface area contributed by atoms with Gasteiger partial charge in [-0.25, -0.2) is 0 Å². The van der Waals surface area contributed by atoms with Crippen LogP contribution in [0.25, 0.3) is 0 Å². The van der Waals surface area contributed by atoms with E-state index in [9.17, 15) is 9.59 Å². The van der Waals surface area contributed by atoms with Gasteiger partial charge in [0.15, 0.2) is 0 Å². The highest BCUT2D eigenvalue weighted by Crippen LogP contribution is 2.30. The second-order valence-corrected chi connectivity index (χ2v) is 6.73. The van der Waals surface area contributed by atoms with Crippen molar-refractivity contribution in [2.24, 2.45) is 0 Å². The Morgan fingerprint density at radius 3 is 2.35 bits per heavy atom. The largest absolute Gasteiger partial charge is 0.495 e. The van der Waals surface area contributed by atoms with Crippen LogP contribution in [0.5, 0.6) is 5.75 Å². The van der Waals surface area contributed by atoms with Crippen molar-refractivity contribution in [3.63, 3.8) is 0 Å². The molecule has 0 heterocycles. The van der Waals surface area contributed by atoms with Crippen molar-refractivity contribution in [3.05, 3.63) is 51.5 Å². The van der Waals surface area contributed by atoms with Crippen molar-refractivity contribution in [2.45, 2.75) is 20.8 Å². The summed E-state index contributed by atoms with van der Waals surface area (Å²) < 4.78 is 5.11. The van der Waals surface area contributed by atoms with Crippen molar-refractivity contribution in [1.82, 2.24) is 0 Å². The molecule has 0 radical (unpaired) electrons. The zero-order valence-corrected chi connectivity index (χ0v) is 16.5. The maximum absolute atomic E-state index is 12.5. The van der Waals surface area contributed by atoms with Crippen LogP contribution in [-0.2, 0) is 9.59 Å². The number of nitrogens with one attached hydrogen (secondary N) is 1. The third-order valence-corrected chi connectivity index (χ3v) is 4.42. The molecule has 0 saturated carbocycles. The van der Waals surface area contributed by atoms with Crippen LogP contribution in [0.4, 0.5) is 11.4 Å².